The molecule has 0 saturated carbocycles. The van der Waals surface area contributed by atoms with Crippen LogP contribution in [0.5, 0.6) is 0 Å². The lowest BCUT2D eigenvalue weighted by atomic mass is 10.2. The molecule has 0 aliphatic rings. The van der Waals surface area contributed by atoms with E-state index in [4.69, 9.17) is 23.2 Å². The molecule has 0 spiro atoms. The van der Waals surface area contributed by atoms with Crippen molar-refractivity contribution in [3.05, 3.63) is 64.1 Å². The van der Waals surface area contributed by atoms with Crippen LogP contribution in [0.2, 0.25) is 10.0 Å². The van der Waals surface area contributed by atoms with Crippen molar-refractivity contribution in [2.24, 2.45) is 4.99 Å². The number of hydrogen-bond donors (Lipinski definition) is 0. The maximum atomic E-state index is 5.97. The molecule has 0 heterocycles. The highest BCUT2D eigenvalue weighted by Crippen LogP contribution is 2.20. The maximum absolute atomic E-state index is 5.97. The van der Waals surface area contributed by atoms with E-state index in [2.05, 4.69) is 4.99 Å². The fourth-order valence-corrected chi connectivity index (χ4v) is 2.00. The third kappa shape index (κ3) is 3.72. The quantitative estimate of drug-likeness (QED) is 0.582. The summed E-state index contributed by atoms with van der Waals surface area (Å²) in [7, 11) is 3.91. The van der Waals surface area contributed by atoms with Gasteiger partial charge in [-0.15, -0.1) is 0 Å². The normalized spacial score (nSPS) is 11.5. The molecule has 0 aromatic heterocycles. The van der Waals surface area contributed by atoms with Crippen molar-refractivity contribution in [2.45, 2.75) is 0 Å². The van der Waals surface area contributed by atoms with E-state index in [0.717, 1.165) is 17.1 Å². The Bertz CT molecular complexity index is 589. The zero-order valence-corrected chi connectivity index (χ0v) is 12.3. The van der Waals surface area contributed by atoms with Crippen LogP contribution >= 0.6 is 23.2 Å². The molecule has 0 bridgehead atoms. The molecule has 2 aromatic carbocycles. The lowest BCUT2D eigenvalue weighted by Crippen LogP contribution is -2.22. The molecule has 0 aliphatic heterocycles. The van der Waals surface area contributed by atoms with Crippen LogP contribution in [-0.4, -0.2) is 24.8 Å². The molecule has 0 saturated heterocycles. The van der Waals surface area contributed by atoms with Crippen molar-refractivity contribution in [1.29, 1.82) is 0 Å². The summed E-state index contributed by atoms with van der Waals surface area (Å²) in [5.74, 6) is 0.860. The third-order valence-electron chi connectivity index (χ3n) is 2.57. The molecule has 2 nitrogen and oxygen atoms in total. The van der Waals surface area contributed by atoms with Crippen molar-refractivity contribution in [3.63, 3.8) is 0 Å². The third-order valence-corrected chi connectivity index (χ3v) is 3.06. The summed E-state index contributed by atoms with van der Waals surface area (Å²) in [5.41, 5.74) is 1.83. The monoisotopic (exact) mass is 292 g/mol. The Morgan fingerprint density at radius 2 is 1.63 bits per heavy atom. The highest BCUT2D eigenvalue weighted by Gasteiger charge is 2.06. The van der Waals surface area contributed by atoms with Gasteiger partial charge in [-0.3, -0.25) is 0 Å². The van der Waals surface area contributed by atoms with Crippen molar-refractivity contribution in [3.8, 4) is 0 Å². The van der Waals surface area contributed by atoms with Crippen LogP contribution in [0, 0.1) is 0 Å². The van der Waals surface area contributed by atoms with Crippen molar-refractivity contribution in [1.82, 2.24) is 4.90 Å². The minimum atomic E-state index is 0.676. The first-order valence-electron chi connectivity index (χ1n) is 5.84. The molecule has 0 fully saturated rings. The van der Waals surface area contributed by atoms with Gasteiger partial charge in [0.25, 0.3) is 0 Å². The maximum Gasteiger partial charge on any atom is 0.136 e. The first-order chi connectivity index (χ1) is 9.06. The fraction of sp³-hybridized carbons (Fsp3) is 0.133. The average Bonchev–Trinajstić information content (AvgIpc) is 2.37. The van der Waals surface area contributed by atoms with Crippen LogP contribution in [0.3, 0.4) is 0 Å². The number of halogens is 2. The standard InChI is InChI=1S/C15H14Cl2N2/c1-19(2)15(11-6-8-12(16)9-7-11)18-14-5-3-4-13(17)10-14/h3-10H,1-2H3. The fourth-order valence-electron chi connectivity index (χ4n) is 1.69. The summed E-state index contributed by atoms with van der Waals surface area (Å²) in [5, 5.41) is 1.39. The molecule has 4 heteroatoms. The molecule has 0 aliphatic carbocycles. The average molecular weight is 293 g/mol. The highest BCUT2D eigenvalue weighted by molar-refractivity contribution is 6.31. The van der Waals surface area contributed by atoms with Gasteiger partial charge in [0.15, 0.2) is 0 Å². The number of nitrogens with zero attached hydrogens (tertiary/aromatic N) is 2. The van der Waals surface area contributed by atoms with Crippen molar-refractivity contribution < 1.29 is 0 Å². The Morgan fingerprint density at radius 3 is 2.21 bits per heavy atom. The van der Waals surface area contributed by atoms with Gasteiger partial charge < -0.3 is 4.90 Å². The first-order valence-corrected chi connectivity index (χ1v) is 6.59. The Kier molecular flexibility index (Phi) is 4.46. The van der Waals surface area contributed by atoms with Crippen LogP contribution < -0.4 is 0 Å². The summed E-state index contributed by atoms with van der Waals surface area (Å²) in [4.78, 5) is 6.60. The second-order valence-electron chi connectivity index (χ2n) is 4.32. The minimum Gasteiger partial charge on any atom is -0.362 e. The van der Waals surface area contributed by atoms with Gasteiger partial charge in [-0.05, 0) is 42.5 Å². The molecule has 0 atom stereocenters. The summed E-state index contributed by atoms with van der Waals surface area (Å²) in [6.07, 6.45) is 0. The van der Waals surface area contributed by atoms with Crippen LogP contribution in [0.4, 0.5) is 5.69 Å². The Morgan fingerprint density at radius 1 is 0.947 bits per heavy atom. The van der Waals surface area contributed by atoms with E-state index in [0.29, 0.717) is 10.0 Å². The van der Waals surface area contributed by atoms with Gasteiger partial charge in [-0.1, -0.05) is 29.3 Å². The van der Waals surface area contributed by atoms with E-state index in [1.54, 1.807) is 0 Å². The second-order valence-corrected chi connectivity index (χ2v) is 5.19. The molecule has 98 valence electrons. The Balaban J connectivity index is 2.43. The Hall–Kier alpha value is -1.51. The van der Waals surface area contributed by atoms with E-state index in [1.807, 2.05) is 67.5 Å². The number of benzene rings is 2. The zero-order chi connectivity index (χ0) is 13.8. The van der Waals surface area contributed by atoms with Gasteiger partial charge >= 0.3 is 0 Å². The van der Waals surface area contributed by atoms with E-state index in [9.17, 15) is 0 Å². The largest absolute Gasteiger partial charge is 0.362 e. The van der Waals surface area contributed by atoms with Gasteiger partial charge in [0.2, 0.25) is 0 Å². The molecule has 0 N–H and O–H groups in total. The van der Waals surface area contributed by atoms with Crippen molar-refractivity contribution in [2.75, 3.05) is 14.1 Å². The molecule has 0 unspecified atom stereocenters. The molecule has 2 aromatic rings. The van der Waals surface area contributed by atoms with E-state index in [-0.39, 0.29) is 0 Å². The van der Waals surface area contributed by atoms with Gasteiger partial charge in [0.05, 0.1) is 5.69 Å². The number of rotatable bonds is 2. The lowest BCUT2D eigenvalue weighted by Gasteiger charge is -2.16. The molecule has 2 rings (SSSR count). The summed E-state index contributed by atoms with van der Waals surface area (Å²) in [6.45, 7) is 0. The van der Waals surface area contributed by atoms with Crippen LogP contribution in [-0.2, 0) is 0 Å². The molecule has 19 heavy (non-hydrogen) atoms. The predicted molar refractivity (Wildman–Crippen MR) is 82.8 cm³/mol. The van der Waals surface area contributed by atoms with Crippen LogP contribution in [0.1, 0.15) is 5.56 Å². The minimum absolute atomic E-state index is 0.676. The summed E-state index contributed by atoms with van der Waals surface area (Å²) in [6, 6.07) is 15.1. The molecular formula is C15H14Cl2N2. The predicted octanol–water partition coefficient (Wildman–Crippen LogP) is 4.63. The molecule has 0 radical (unpaired) electrons. The summed E-state index contributed by atoms with van der Waals surface area (Å²) >= 11 is 11.9. The number of amidine groups is 1. The van der Waals surface area contributed by atoms with Gasteiger partial charge in [0, 0.05) is 29.7 Å². The number of hydrogen-bond acceptors (Lipinski definition) is 1. The number of aliphatic imine (C=N–C) groups is 1. The topological polar surface area (TPSA) is 15.6 Å². The van der Waals surface area contributed by atoms with E-state index < -0.39 is 0 Å². The smallest absolute Gasteiger partial charge is 0.136 e. The summed E-state index contributed by atoms with van der Waals surface area (Å²) < 4.78 is 0. The van der Waals surface area contributed by atoms with Gasteiger partial charge in [-0.25, -0.2) is 4.99 Å². The van der Waals surface area contributed by atoms with Gasteiger partial charge in [0.1, 0.15) is 5.84 Å². The molecule has 0 amide bonds. The van der Waals surface area contributed by atoms with Gasteiger partial charge in [-0.2, -0.15) is 0 Å². The second kappa shape index (κ2) is 6.09. The SMILES string of the molecule is CN(C)C(=Nc1cccc(Cl)c1)c1ccc(Cl)cc1. The van der Waals surface area contributed by atoms with E-state index in [1.165, 1.54) is 0 Å². The van der Waals surface area contributed by atoms with Crippen LogP contribution in [0.25, 0.3) is 0 Å². The highest BCUT2D eigenvalue weighted by atomic mass is 35.5. The first kappa shape index (κ1) is 13.9. The van der Waals surface area contributed by atoms with Crippen molar-refractivity contribution >= 4 is 34.7 Å². The zero-order valence-electron chi connectivity index (χ0n) is 10.8. The lowest BCUT2D eigenvalue weighted by molar-refractivity contribution is 0.624. The Labute approximate surface area is 123 Å². The molecular weight excluding hydrogens is 279 g/mol. The van der Waals surface area contributed by atoms with E-state index >= 15 is 0 Å². The van der Waals surface area contributed by atoms with Crippen LogP contribution in [0.15, 0.2) is 53.5 Å².